The fraction of sp³-hybridized carbons (Fsp3) is 0.571. The van der Waals surface area contributed by atoms with E-state index in [4.69, 9.17) is 0 Å². The molecule has 1 aliphatic carbocycles. The molecule has 0 N–H and O–H groups in total. The molecule has 1 aromatic heterocycles. The Morgan fingerprint density at radius 3 is 2.82 bits per heavy atom. The molecule has 90 valence electrons. The van der Waals surface area contributed by atoms with Crippen LogP contribution < -0.4 is 0 Å². The molecule has 0 radical (unpaired) electrons. The van der Waals surface area contributed by atoms with E-state index in [-0.39, 0.29) is 5.91 Å². The number of hydrogen-bond donors (Lipinski definition) is 0. The second-order valence-corrected chi connectivity index (χ2v) is 5.56. The van der Waals surface area contributed by atoms with Gasteiger partial charge >= 0.3 is 0 Å². The Bertz CT molecular complexity index is 415. The van der Waals surface area contributed by atoms with Crippen molar-refractivity contribution < 1.29 is 4.79 Å². The van der Waals surface area contributed by atoms with Crippen LogP contribution in [0.15, 0.2) is 24.4 Å². The standard InChI is InChI=1S/C14H18N2O/c1-2-11-7-14(8-11)9-16(10-14)13(17)12-5-3-4-6-15-12/h3-6,11H,2,7-10H2,1H3. The van der Waals surface area contributed by atoms with Crippen molar-refractivity contribution in [3.05, 3.63) is 30.1 Å². The summed E-state index contributed by atoms with van der Waals surface area (Å²) in [6.07, 6.45) is 5.60. The monoisotopic (exact) mass is 230 g/mol. The van der Waals surface area contributed by atoms with Gasteiger partial charge in [-0.2, -0.15) is 0 Å². The minimum absolute atomic E-state index is 0.0937. The average molecular weight is 230 g/mol. The first-order valence-electron chi connectivity index (χ1n) is 6.43. The zero-order chi connectivity index (χ0) is 11.9. The Balaban J connectivity index is 1.58. The molecular weight excluding hydrogens is 212 g/mol. The fourth-order valence-electron chi connectivity index (χ4n) is 3.27. The number of hydrogen-bond acceptors (Lipinski definition) is 2. The topological polar surface area (TPSA) is 33.2 Å². The highest BCUT2D eigenvalue weighted by Crippen LogP contribution is 2.53. The number of rotatable bonds is 2. The molecule has 2 fully saturated rings. The van der Waals surface area contributed by atoms with Gasteiger partial charge in [0.1, 0.15) is 5.69 Å². The van der Waals surface area contributed by atoms with Gasteiger partial charge in [-0.15, -0.1) is 0 Å². The van der Waals surface area contributed by atoms with Crippen molar-refractivity contribution in [2.24, 2.45) is 11.3 Å². The first kappa shape index (κ1) is 10.8. The maximum absolute atomic E-state index is 12.1. The van der Waals surface area contributed by atoms with Crippen LogP contribution in [-0.4, -0.2) is 28.9 Å². The lowest BCUT2D eigenvalue weighted by atomic mass is 9.57. The number of aromatic nitrogens is 1. The van der Waals surface area contributed by atoms with Crippen LogP contribution in [0.25, 0.3) is 0 Å². The normalized spacial score (nSPS) is 22.1. The predicted octanol–water partition coefficient (Wildman–Crippen LogP) is 2.34. The Morgan fingerprint density at radius 1 is 1.47 bits per heavy atom. The highest BCUT2D eigenvalue weighted by molar-refractivity contribution is 5.92. The van der Waals surface area contributed by atoms with Crippen molar-refractivity contribution in [2.75, 3.05) is 13.1 Å². The molecule has 3 heteroatoms. The Kier molecular flexibility index (Phi) is 2.42. The molecule has 1 spiro atoms. The van der Waals surface area contributed by atoms with E-state index in [1.165, 1.54) is 19.3 Å². The quantitative estimate of drug-likeness (QED) is 0.781. The largest absolute Gasteiger partial charge is 0.336 e. The van der Waals surface area contributed by atoms with Crippen LogP contribution in [0.1, 0.15) is 36.7 Å². The number of carbonyl (C=O) groups excluding carboxylic acids is 1. The fourth-order valence-corrected chi connectivity index (χ4v) is 3.27. The van der Waals surface area contributed by atoms with Crippen LogP contribution in [0.5, 0.6) is 0 Å². The number of nitrogens with zero attached hydrogens (tertiary/aromatic N) is 2. The summed E-state index contributed by atoms with van der Waals surface area (Å²) in [6, 6.07) is 5.50. The second-order valence-electron chi connectivity index (χ2n) is 5.56. The minimum atomic E-state index is 0.0937. The van der Waals surface area contributed by atoms with Gasteiger partial charge in [0.05, 0.1) is 0 Å². The molecule has 0 atom stereocenters. The van der Waals surface area contributed by atoms with Gasteiger partial charge in [0, 0.05) is 24.7 Å². The van der Waals surface area contributed by atoms with Gasteiger partial charge in [0.25, 0.3) is 5.91 Å². The third-order valence-electron chi connectivity index (χ3n) is 4.24. The summed E-state index contributed by atoms with van der Waals surface area (Å²) in [4.78, 5) is 18.1. The molecule has 0 bridgehead atoms. The van der Waals surface area contributed by atoms with Crippen LogP contribution in [0.2, 0.25) is 0 Å². The smallest absolute Gasteiger partial charge is 0.272 e. The number of likely N-dealkylation sites (tertiary alicyclic amines) is 1. The van der Waals surface area contributed by atoms with Gasteiger partial charge < -0.3 is 4.90 Å². The molecule has 0 aromatic carbocycles. The van der Waals surface area contributed by atoms with Crippen molar-refractivity contribution in [1.29, 1.82) is 0 Å². The first-order valence-corrected chi connectivity index (χ1v) is 6.43. The lowest BCUT2D eigenvalue weighted by molar-refractivity contribution is -0.0772. The molecule has 0 unspecified atom stereocenters. The van der Waals surface area contributed by atoms with E-state index in [1.807, 2.05) is 17.0 Å². The summed E-state index contributed by atoms with van der Waals surface area (Å²) < 4.78 is 0. The van der Waals surface area contributed by atoms with Crippen LogP contribution >= 0.6 is 0 Å². The van der Waals surface area contributed by atoms with Crippen molar-refractivity contribution in [1.82, 2.24) is 9.88 Å². The lowest BCUT2D eigenvalue weighted by Gasteiger charge is -2.59. The second kappa shape index (κ2) is 3.83. The van der Waals surface area contributed by atoms with Crippen molar-refractivity contribution in [3.63, 3.8) is 0 Å². The van der Waals surface area contributed by atoms with E-state index in [0.29, 0.717) is 11.1 Å². The van der Waals surface area contributed by atoms with E-state index in [1.54, 1.807) is 12.3 Å². The van der Waals surface area contributed by atoms with Gasteiger partial charge in [-0.25, -0.2) is 0 Å². The van der Waals surface area contributed by atoms with E-state index >= 15 is 0 Å². The summed E-state index contributed by atoms with van der Waals surface area (Å²) in [5.41, 5.74) is 1.05. The predicted molar refractivity (Wildman–Crippen MR) is 65.6 cm³/mol. The molecule has 2 aliphatic rings. The van der Waals surface area contributed by atoms with Crippen molar-refractivity contribution in [3.8, 4) is 0 Å². The Labute approximate surface area is 102 Å². The van der Waals surface area contributed by atoms with E-state index in [0.717, 1.165) is 19.0 Å². The molecule has 17 heavy (non-hydrogen) atoms. The van der Waals surface area contributed by atoms with E-state index in [2.05, 4.69) is 11.9 Å². The summed E-state index contributed by atoms with van der Waals surface area (Å²) in [6.45, 7) is 4.14. The van der Waals surface area contributed by atoms with Crippen molar-refractivity contribution in [2.45, 2.75) is 26.2 Å². The van der Waals surface area contributed by atoms with Crippen molar-refractivity contribution >= 4 is 5.91 Å². The molecule has 1 saturated carbocycles. The van der Waals surface area contributed by atoms with Gasteiger partial charge in [-0.1, -0.05) is 19.4 Å². The number of pyridine rings is 1. The average Bonchev–Trinajstić information content (AvgIpc) is 2.27. The highest BCUT2D eigenvalue weighted by atomic mass is 16.2. The highest BCUT2D eigenvalue weighted by Gasteiger charge is 2.52. The maximum atomic E-state index is 12.1. The van der Waals surface area contributed by atoms with Crippen LogP contribution in [0.4, 0.5) is 0 Å². The minimum Gasteiger partial charge on any atom is -0.336 e. The zero-order valence-electron chi connectivity index (χ0n) is 10.2. The van der Waals surface area contributed by atoms with Gasteiger partial charge in [-0.3, -0.25) is 9.78 Å². The van der Waals surface area contributed by atoms with Gasteiger partial charge in [0.2, 0.25) is 0 Å². The molecular formula is C14H18N2O. The summed E-state index contributed by atoms with van der Waals surface area (Å²) in [5, 5.41) is 0. The van der Waals surface area contributed by atoms with Crippen LogP contribution in [0.3, 0.4) is 0 Å². The van der Waals surface area contributed by atoms with Crippen LogP contribution in [0, 0.1) is 11.3 Å². The Hall–Kier alpha value is -1.38. The number of amides is 1. The molecule has 1 aliphatic heterocycles. The first-order chi connectivity index (χ1) is 8.22. The summed E-state index contributed by atoms with van der Waals surface area (Å²) in [7, 11) is 0. The van der Waals surface area contributed by atoms with Crippen LogP contribution in [-0.2, 0) is 0 Å². The third-order valence-corrected chi connectivity index (χ3v) is 4.24. The molecule has 2 heterocycles. The maximum Gasteiger partial charge on any atom is 0.272 e. The number of carbonyl (C=O) groups is 1. The molecule has 3 rings (SSSR count). The molecule has 3 nitrogen and oxygen atoms in total. The van der Waals surface area contributed by atoms with Gasteiger partial charge in [-0.05, 0) is 30.9 Å². The zero-order valence-corrected chi connectivity index (χ0v) is 10.2. The molecule has 1 saturated heterocycles. The lowest BCUT2D eigenvalue weighted by Crippen LogP contribution is -2.63. The van der Waals surface area contributed by atoms with E-state index < -0.39 is 0 Å². The Morgan fingerprint density at radius 2 is 2.24 bits per heavy atom. The molecule has 1 amide bonds. The summed E-state index contributed by atoms with van der Waals surface area (Å²) >= 11 is 0. The summed E-state index contributed by atoms with van der Waals surface area (Å²) in [5.74, 6) is 0.998. The van der Waals surface area contributed by atoms with Gasteiger partial charge in [0.15, 0.2) is 0 Å². The molecule has 1 aromatic rings. The third kappa shape index (κ3) is 1.74. The van der Waals surface area contributed by atoms with E-state index in [9.17, 15) is 4.79 Å². The SMILES string of the molecule is CCC1CC2(C1)CN(C(=O)c1ccccn1)C2.